The topological polar surface area (TPSA) is 43.4 Å². The zero-order valence-electron chi connectivity index (χ0n) is 10.3. The van der Waals surface area contributed by atoms with Crippen molar-refractivity contribution in [2.75, 3.05) is 0 Å². The molecule has 0 fully saturated rings. The van der Waals surface area contributed by atoms with E-state index in [9.17, 15) is 21.6 Å². The highest BCUT2D eigenvalue weighted by Gasteiger charge is 2.34. The van der Waals surface area contributed by atoms with Crippen molar-refractivity contribution in [2.24, 2.45) is 0 Å². The third kappa shape index (κ3) is 3.68. The van der Waals surface area contributed by atoms with Gasteiger partial charge in [0.05, 0.1) is 10.6 Å². The van der Waals surface area contributed by atoms with E-state index in [2.05, 4.69) is 0 Å². The van der Waals surface area contributed by atoms with E-state index < -0.39 is 31.8 Å². The Bertz CT molecular complexity index is 743. The van der Waals surface area contributed by atoms with E-state index in [0.717, 1.165) is 12.1 Å². The quantitative estimate of drug-likeness (QED) is 0.792. The van der Waals surface area contributed by atoms with Crippen LogP contribution in [0, 0.1) is 0 Å². The minimum Gasteiger partial charge on any atom is -0.379 e. The molecule has 0 saturated heterocycles. The van der Waals surface area contributed by atoms with Gasteiger partial charge in [0.25, 0.3) is 0 Å². The Morgan fingerprint density at radius 2 is 1.62 bits per heavy atom. The molecule has 0 atom stereocenters. The van der Waals surface area contributed by atoms with Crippen LogP contribution in [0.4, 0.5) is 13.2 Å². The van der Waals surface area contributed by atoms with Crippen molar-refractivity contribution in [1.82, 2.24) is 0 Å². The second-order valence-electron chi connectivity index (χ2n) is 3.99. The summed E-state index contributed by atoms with van der Waals surface area (Å²) in [7, 11) is -4.37. The summed E-state index contributed by atoms with van der Waals surface area (Å²) >= 11 is 5.44. The van der Waals surface area contributed by atoms with Crippen LogP contribution in [-0.4, -0.2) is 8.42 Å². The Hall–Kier alpha value is -1.73. The largest absolute Gasteiger partial charge is 0.417 e. The molecule has 8 heteroatoms. The molecule has 0 heterocycles. The van der Waals surface area contributed by atoms with Gasteiger partial charge in [0.2, 0.25) is 0 Å². The van der Waals surface area contributed by atoms with Crippen molar-refractivity contribution in [1.29, 1.82) is 0 Å². The second-order valence-corrected chi connectivity index (χ2v) is 5.94. The fourth-order valence-corrected chi connectivity index (χ4v) is 2.71. The molecule has 0 radical (unpaired) electrons. The van der Waals surface area contributed by atoms with Crippen LogP contribution in [-0.2, 0) is 16.3 Å². The van der Waals surface area contributed by atoms with Crippen molar-refractivity contribution in [2.45, 2.75) is 11.1 Å². The molecule has 112 valence electrons. The molecular formula is C13H8ClF3O3S. The zero-order valence-corrected chi connectivity index (χ0v) is 11.8. The molecule has 0 saturated carbocycles. The Labute approximate surface area is 124 Å². The third-order valence-electron chi connectivity index (χ3n) is 2.48. The molecule has 2 aromatic rings. The maximum Gasteiger partial charge on any atom is 0.417 e. The van der Waals surface area contributed by atoms with E-state index in [1.54, 1.807) is 6.07 Å². The second kappa shape index (κ2) is 5.57. The minimum absolute atomic E-state index is 0.000934. The molecule has 0 aromatic heterocycles. The Morgan fingerprint density at radius 1 is 1.00 bits per heavy atom. The van der Waals surface area contributed by atoms with E-state index in [1.165, 1.54) is 24.3 Å². The number of rotatable bonds is 3. The molecule has 2 rings (SSSR count). The van der Waals surface area contributed by atoms with Crippen molar-refractivity contribution in [3.05, 3.63) is 59.1 Å². The lowest BCUT2D eigenvalue weighted by Gasteiger charge is -2.11. The molecule has 0 spiro atoms. The lowest BCUT2D eigenvalue weighted by atomic mass is 10.2. The Kier molecular flexibility index (Phi) is 4.15. The van der Waals surface area contributed by atoms with Gasteiger partial charge in [-0.1, -0.05) is 29.8 Å². The van der Waals surface area contributed by atoms with Gasteiger partial charge < -0.3 is 4.18 Å². The normalized spacial score (nSPS) is 12.2. The number of benzene rings is 2. The van der Waals surface area contributed by atoms with Gasteiger partial charge in [-0.25, -0.2) is 0 Å². The first-order chi connectivity index (χ1) is 9.70. The highest BCUT2D eigenvalue weighted by Crippen LogP contribution is 2.36. The maximum atomic E-state index is 12.7. The summed E-state index contributed by atoms with van der Waals surface area (Å²) in [6.07, 6.45) is -4.75. The van der Waals surface area contributed by atoms with Crippen LogP contribution >= 0.6 is 11.6 Å². The SMILES string of the molecule is O=S(=O)(Oc1ccccc1)c1ccc(Cl)c(C(F)(F)F)c1. The summed E-state index contributed by atoms with van der Waals surface area (Å²) in [6, 6.07) is 9.73. The van der Waals surface area contributed by atoms with Crippen molar-refractivity contribution < 1.29 is 25.8 Å². The van der Waals surface area contributed by atoms with E-state index >= 15 is 0 Å². The summed E-state index contributed by atoms with van der Waals surface area (Å²) < 4.78 is 66.8. The monoisotopic (exact) mass is 336 g/mol. The molecule has 0 amide bonds. The number of halogens is 4. The highest BCUT2D eigenvalue weighted by molar-refractivity contribution is 7.87. The number of alkyl halides is 3. The molecule has 0 bridgehead atoms. The van der Waals surface area contributed by atoms with E-state index in [-0.39, 0.29) is 5.75 Å². The first-order valence-corrected chi connectivity index (χ1v) is 7.35. The molecule has 0 aliphatic heterocycles. The fourth-order valence-electron chi connectivity index (χ4n) is 1.53. The molecule has 0 aliphatic carbocycles. The lowest BCUT2D eigenvalue weighted by Crippen LogP contribution is -2.12. The summed E-state index contributed by atoms with van der Waals surface area (Å²) in [5.74, 6) is 0.000934. The van der Waals surface area contributed by atoms with E-state index in [0.29, 0.717) is 6.07 Å². The molecule has 0 unspecified atom stereocenters. The van der Waals surface area contributed by atoms with Gasteiger partial charge in [-0.05, 0) is 30.3 Å². The van der Waals surface area contributed by atoms with Crippen LogP contribution in [0.15, 0.2) is 53.4 Å². The van der Waals surface area contributed by atoms with E-state index in [1.807, 2.05) is 0 Å². The first kappa shape index (κ1) is 15.7. The standard InChI is InChI=1S/C13H8ClF3O3S/c14-12-7-6-10(8-11(12)13(15,16)17)21(18,19)20-9-4-2-1-3-5-9/h1-8H. The van der Waals surface area contributed by atoms with Crippen LogP contribution < -0.4 is 4.18 Å². The number of hydrogen-bond acceptors (Lipinski definition) is 3. The smallest absolute Gasteiger partial charge is 0.379 e. The Balaban J connectivity index is 2.42. The molecule has 0 aliphatic rings. The summed E-state index contributed by atoms with van der Waals surface area (Å²) in [5.41, 5.74) is -1.23. The zero-order chi connectivity index (χ0) is 15.7. The van der Waals surface area contributed by atoms with Crippen molar-refractivity contribution in [3.63, 3.8) is 0 Å². The predicted octanol–water partition coefficient (Wildman–Crippen LogP) is 4.13. The maximum absolute atomic E-state index is 12.7. The number of hydrogen-bond donors (Lipinski definition) is 0. The van der Waals surface area contributed by atoms with Crippen LogP contribution in [0.1, 0.15) is 5.56 Å². The van der Waals surface area contributed by atoms with Crippen LogP contribution in [0.2, 0.25) is 5.02 Å². The number of para-hydroxylation sites is 1. The van der Waals surface area contributed by atoms with Gasteiger partial charge in [0.15, 0.2) is 0 Å². The van der Waals surface area contributed by atoms with Gasteiger partial charge >= 0.3 is 16.3 Å². The van der Waals surface area contributed by atoms with Crippen molar-refractivity contribution in [3.8, 4) is 5.75 Å². The van der Waals surface area contributed by atoms with Gasteiger partial charge in [0, 0.05) is 0 Å². The summed E-state index contributed by atoms with van der Waals surface area (Å²) in [6.45, 7) is 0. The van der Waals surface area contributed by atoms with Crippen LogP contribution in [0.25, 0.3) is 0 Å². The molecule has 0 N–H and O–H groups in total. The molecule has 2 aromatic carbocycles. The average Bonchev–Trinajstić information content (AvgIpc) is 2.38. The summed E-state index contributed by atoms with van der Waals surface area (Å²) in [5, 5.41) is -0.582. The van der Waals surface area contributed by atoms with Gasteiger partial charge in [-0.15, -0.1) is 0 Å². The van der Waals surface area contributed by atoms with E-state index in [4.69, 9.17) is 15.8 Å². The molecule has 21 heavy (non-hydrogen) atoms. The molecule has 3 nitrogen and oxygen atoms in total. The van der Waals surface area contributed by atoms with Crippen LogP contribution in [0.5, 0.6) is 5.75 Å². The highest BCUT2D eigenvalue weighted by atomic mass is 35.5. The van der Waals surface area contributed by atoms with Gasteiger partial charge in [0.1, 0.15) is 10.6 Å². The predicted molar refractivity (Wildman–Crippen MR) is 70.7 cm³/mol. The van der Waals surface area contributed by atoms with Crippen LogP contribution in [0.3, 0.4) is 0 Å². The summed E-state index contributed by atoms with van der Waals surface area (Å²) in [4.78, 5) is -0.622. The molecular weight excluding hydrogens is 329 g/mol. The first-order valence-electron chi connectivity index (χ1n) is 5.56. The van der Waals surface area contributed by atoms with Gasteiger partial charge in [-0.2, -0.15) is 21.6 Å². The Morgan fingerprint density at radius 3 is 2.19 bits per heavy atom. The van der Waals surface area contributed by atoms with Gasteiger partial charge in [-0.3, -0.25) is 0 Å². The third-order valence-corrected chi connectivity index (χ3v) is 4.05. The lowest BCUT2D eigenvalue weighted by molar-refractivity contribution is -0.137. The minimum atomic E-state index is -4.75. The average molecular weight is 337 g/mol. The van der Waals surface area contributed by atoms with Crippen molar-refractivity contribution >= 4 is 21.7 Å². The fraction of sp³-hybridized carbons (Fsp3) is 0.0769.